The van der Waals surface area contributed by atoms with E-state index in [4.69, 9.17) is 39.4 Å². The lowest BCUT2D eigenvalue weighted by atomic mass is 10.1. The first kappa shape index (κ1) is 44.6. The van der Waals surface area contributed by atoms with E-state index in [1.165, 1.54) is 0 Å². The molecule has 8 nitrogen and oxygen atoms in total. The van der Waals surface area contributed by atoms with Crippen molar-refractivity contribution < 1.29 is 32.2 Å². The molecular formula is C37H57BrClFN2O6Si2. The lowest BCUT2D eigenvalue weighted by molar-refractivity contribution is -0.0885. The van der Waals surface area contributed by atoms with Gasteiger partial charge in [-0.1, -0.05) is 71.3 Å². The van der Waals surface area contributed by atoms with E-state index in [1.54, 1.807) is 44.8 Å². The topological polar surface area (TPSA) is 81.2 Å². The van der Waals surface area contributed by atoms with Gasteiger partial charge in [0.15, 0.2) is 16.6 Å². The average Bonchev–Trinajstić information content (AvgIpc) is 3.03. The molecule has 1 aromatic carbocycles. The highest BCUT2D eigenvalue weighted by Gasteiger charge is 2.39. The van der Waals surface area contributed by atoms with Gasteiger partial charge in [-0.25, -0.2) is 4.39 Å². The Kier molecular flexibility index (Phi) is 17.9. The van der Waals surface area contributed by atoms with E-state index in [0.29, 0.717) is 25.2 Å². The Morgan fingerprint density at radius 1 is 0.740 bits per heavy atom. The molecular weight excluding hydrogens is 759 g/mol. The van der Waals surface area contributed by atoms with Crippen LogP contribution in [0.2, 0.25) is 41.3 Å². The summed E-state index contributed by atoms with van der Waals surface area (Å²) in [5.74, 6) is -0.387. The van der Waals surface area contributed by atoms with Gasteiger partial charge in [0, 0.05) is 37.5 Å². The highest BCUT2D eigenvalue weighted by Crippen LogP contribution is 2.38. The summed E-state index contributed by atoms with van der Waals surface area (Å²) < 4.78 is 49.3. The van der Waals surface area contributed by atoms with Gasteiger partial charge >= 0.3 is 0 Å². The summed E-state index contributed by atoms with van der Waals surface area (Å²) in [6, 6.07) is 12.7. The summed E-state index contributed by atoms with van der Waals surface area (Å²) in [5.41, 5.74) is 3.05. The van der Waals surface area contributed by atoms with Crippen LogP contribution in [0.5, 0.6) is 0 Å². The fraction of sp³-hybridized carbons (Fsp3) is 0.568. The molecule has 0 aliphatic rings. The summed E-state index contributed by atoms with van der Waals surface area (Å²) >= 11 is 9.26. The molecule has 0 amide bonds. The molecule has 2 atom stereocenters. The number of ether oxygens (including phenoxy) is 4. The zero-order chi connectivity index (χ0) is 37.8. The number of rotatable bonds is 16. The summed E-state index contributed by atoms with van der Waals surface area (Å²) in [6.45, 7) is 23.4. The van der Waals surface area contributed by atoms with Crippen molar-refractivity contribution in [1.82, 2.24) is 9.97 Å². The molecule has 0 N–H and O–H groups in total. The predicted octanol–water partition coefficient (Wildman–Crippen LogP) is 10.7. The van der Waals surface area contributed by atoms with Crippen molar-refractivity contribution in [3.63, 3.8) is 0 Å². The molecule has 2 heterocycles. The minimum absolute atomic E-state index is 0.108. The quantitative estimate of drug-likeness (QED) is 0.104. The summed E-state index contributed by atoms with van der Waals surface area (Å²) in [6.07, 6.45) is 3.38. The van der Waals surface area contributed by atoms with Crippen LogP contribution in [0.25, 0.3) is 0 Å². The van der Waals surface area contributed by atoms with Gasteiger partial charge in [-0.15, -0.1) is 0 Å². The molecule has 3 rings (SSSR count). The first-order valence-electron chi connectivity index (χ1n) is 16.7. The second-order valence-corrected chi connectivity index (χ2v) is 26.1. The van der Waals surface area contributed by atoms with E-state index in [9.17, 15) is 4.39 Å². The standard InChI is InChI=1S/C22H31ClFNO3Si.C15H26BrNO3Si/c1-22(2,3)29(5,6)28-14-20(27-15-26-4)19-11-10-16(13-25-19)12-17-8-7-9-18(23)21(17)24;1-15(2,3)21(5,6)20-10-14(19-11-18-4)13-8-7-12(16)9-17-13/h7-11,13,20H,12,14-15H2,1-6H3;7-9,14H,10-11H2,1-6H3. The van der Waals surface area contributed by atoms with Crippen molar-refractivity contribution in [2.24, 2.45) is 0 Å². The number of aromatic nitrogens is 2. The van der Waals surface area contributed by atoms with Crippen LogP contribution in [0.15, 0.2) is 59.3 Å². The third-order valence-electron chi connectivity index (χ3n) is 9.26. The van der Waals surface area contributed by atoms with Crippen molar-refractivity contribution in [2.75, 3.05) is 41.0 Å². The fourth-order valence-corrected chi connectivity index (χ4v) is 6.38. The van der Waals surface area contributed by atoms with Crippen LogP contribution in [0.3, 0.4) is 0 Å². The van der Waals surface area contributed by atoms with Gasteiger partial charge in [0.2, 0.25) is 0 Å². The number of hydrogen-bond acceptors (Lipinski definition) is 8. The molecule has 0 aliphatic carbocycles. The van der Waals surface area contributed by atoms with Gasteiger partial charge in [-0.3, -0.25) is 9.97 Å². The summed E-state index contributed by atoms with van der Waals surface area (Å²) in [4.78, 5) is 8.94. The van der Waals surface area contributed by atoms with Crippen molar-refractivity contribution in [1.29, 1.82) is 0 Å². The number of pyridine rings is 2. The van der Waals surface area contributed by atoms with E-state index in [2.05, 4.69) is 93.6 Å². The van der Waals surface area contributed by atoms with Crippen LogP contribution in [0.1, 0.15) is 76.3 Å². The Morgan fingerprint density at radius 3 is 1.62 bits per heavy atom. The molecule has 0 saturated heterocycles. The molecule has 50 heavy (non-hydrogen) atoms. The molecule has 0 spiro atoms. The second-order valence-electron chi connectivity index (χ2n) is 15.1. The molecule has 2 aromatic heterocycles. The number of halogens is 3. The number of hydrogen-bond donors (Lipinski definition) is 0. The van der Waals surface area contributed by atoms with Gasteiger partial charge in [0.05, 0.1) is 29.6 Å². The molecule has 0 saturated carbocycles. The van der Waals surface area contributed by atoms with E-state index in [0.717, 1.165) is 21.4 Å². The maximum Gasteiger partial charge on any atom is 0.192 e. The minimum Gasteiger partial charge on any atom is -0.414 e. The van der Waals surface area contributed by atoms with Gasteiger partial charge in [0.1, 0.15) is 31.6 Å². The van der Waals surface area contributed by atoms with Crippen molar-refractivity contribution >= 4 is 44.2 Å². The minimum atomic E-state index is -1.92. The van der Waals surface area contributed by atoms with Crippen LogP contribution in [0, 0.1) is 5.82 Å². The zero-order valence-electron chi connectivity index (χ0n) is 31.9. The van der Waals surface area contributed by atoms with Crippen LogP contribution in [-0.2, 0) is 34.2 Å². The van der Waals surface area contributed by atoms with E-state index < -0.39 is 16.6 Å². The Labute approximate surface area is 315 Å². The summed E-state index contributed by atoms with van der Waals surface area (Å²) in [7, 11) is -0.528. The molecule has 13 heteroatoms. The predicted molar refractivity (Wildman–Crippen MR) is 208 cm³/mol. The summed E-state index contributed by atoms with van der Waals surface area (Å²) in [5, 5.41) is 0.409. The van der Waals surface area contributed by atoms with Gasteiger partial charge in [-0.2, -0.15) is 0 Å². The Morgan fingerprint density at radius 2 is 1.22 bits per heavy atom. The van der Waals surface area contributed by atoms with Crippen molar-refractivity contribution in [2.45, 2.75) is 96.4 Å². The van der Waals surface area contributed by atoms with Crippen molar-refractivity contribution in [3.05, 3.63) is 92.7 Å². The molecule has 2 unspecified atom stereocenters. The third-order valence-corrected chi connectivity index (χ3v) is 19.0. The lowest BCUT2D eigenvalue weighted by Crippen LogP contribution is -2.42. The van der Waals surface area contributed by atoms with E-state index >= 15 is 0 Å². The second kappa shape index (κ2) is 20.0. The Bertz CT molecular complexity index is 1440. The van der Waals surface area contributed by atoms with Crippen LogP contribution in [0.4, 0.5) is 4.39 Å². The number of benzene rings is 1. The monoisotopic (exact) mass is 814 g/mol. The molecule has 0 fully saturated rings. The molecule has 0 aliphatic heterocycles. The highest BCUT2D eigenvalue weighted by atomic mass is 79.9. The third kappa shape index (κ3) is 14.1. The van der Waals surface area contributed by atoms with E-state index in [1.807, 2.05) is 24.3 Å². The lowest BCUT2D eigenvalue weighted by Gasteiger charge is -2.37. The van der Waals surface area contributed by atoms with Gasteiger partial charge < -0.3 is 27.8 Å². The van der Waals surface area contributed by atoms with Crippen LogP contribution >= 0.6 is 27.5 Å². The van der Waals surface area contributed by atoms with Crippen LogP contribution < -0.4 is 0 Å². The molecule has 0 radical (unpaired) electrons. The molecule has 3 aromatic rings. The highest BCUT2D eigenvalue weighted by molar-refractivity contribution is 9.10. The average molecular weight is 816 g/mol. The van der Waals surface area contributed by atoms with E-state index in [-0.39, 0.29) is 46.7 Å². The largest absolute Gasteiger partial charge is 0.414 e. The number of methoxy groups -OCH3 is 2. The van der Waals surface area contributed by atoms with Gasteiger partial charge in [0.25, 0.3) is 0 Å². The Hall–Kier alpha value is -1.59. The zero-order valence-corrected chi connectivity index (χ0v) is 36.2. The number of nitrogens with zero attached hydrogens (tertiary/aromatic N) is 2. The fourth-order valence-electron chi connectivity index (χ4n) is 3.95. The van der Waals surface area contributed by atoms with Gasteiger partial charge in [-0.05, 0) is 87.6 Å². The maximum atomic E-state index is 14.1. The maximum absolute atomic E-state index is 14.1. The van der Waals surface area contributed by atoms with Crippen molar-refractivity contribution in [3.8, 4) is 0 Å². The Balaban J connectivity index is 0.000000366. The first-order chi connectivity index (χ1) is 23.2. The first-order valence-corrected chi connectivity index (χ1v) is 23.7. The normalized spacial score (nSPS) is 13.8. The smallest absolute Gasteiger partial charge is 0.192 e. The molecule has 0 bridgehead atoms. The molecule has 280 valence electrons. The SMILES string of the molecule is COCOC(CO[Si](C)(C)C(C)(C)C)c1ccc(Br)cn1.COCOC(CO[Si](C)(C)C(C)(C)C)c1ccc(Cc2cccc(Cl)c2F)cn1. The van der Waals surface area contributed by atoms with Crippen LogP contribution in [-0.4, -0.2) is 67.6 Å².